The molecule has 0 saturated carbocycles. The number of methoxy groups -OCH3 is 1. The van der Waals surface area contributed by atoms with Gasteiger partial charge in [0, 0.05) is 12.7 Å². The van der Waals surface area contributed by atoms with Crippen LogP contribution in [0.15, 0.2) is 24.3 Å². The van der Waals surface area contributed by atoms with Crippen LogP contribution in [-0.4, -0.2) is 28.5 Å². The molecule has 7 heteroatoms. The highest BCUT2D eigenvalue weighted by atomic mass is 32.2. The van der Waals surface area contributed by atoms with Gasteiger partial charge >= 0.3 is 5.97 Å². The first-order valence-corrected chi connectivity index (χ1v) is 5.86. The Hall–Kier alpha value is -1.60. The number of anilines is 1. The molecule has 0 atom stereocenters. The Balaban J connectivity index is 2.84. The Morgan fingerprint density at radius 1 is 1.25 bits per heavy atom. The fourth-order valence-corrected chi connectivity index (χ4v) is 1.55. The van der Waals surface area contributed by atoms with Gasteiger partial charge < -0.3 is 4.74 Å². The lowest BCUT2D eigenvalue weighted by Gasteiger charge is -2.06. The summed E-state index contributed by atoms with van der Waals surface area (Å²) in [5, 5.41) is 0. The van der Waals surface area contributed by atoms with E-state index in [1.807, 2.05) is 0 Å². The lowest BCUT2D eigenvalue weighted by atomic mass is 10.2. The first-order valence-electron chi connectivity index (χ1n) is 4.38. The van der Waals surface area contributed by atoms with E-state index in [9.17, 15) is 13.2 Å². The van der Waals surface area contributed by atoms with E-state index >= 15 is 0 Å². The van der Waals surface area contributed by atoms with Gasteiger partial charge in [-0.3, -0.25) is 4.72 Å². The highest BCUT2D eigenvalue weighted by molar-refractivity contribution is 7.90. The van der Waals surface area contributed by atoms with Crippen LogP contribution in [0, 0.1) is 0 Å². The summed E-state index contributed by atoms with van der Waals surface area (Å²) in [5.74, 6) is -0.469. The second-order valence-corrected chi connectivity index (χ2v) is 4.50. The SMILES string of the molecule is CNS(=O)(=O)Nc1ccc(C(=O)OC)cc1. The molecule has 0 aliphatic rings. The zero-order chi connectivity index (χ0) is 12.2. The summed E-state index contributed by atoms with van der Waals surface area (Å²) in [5.41, 5.74) is 0.719. The van der Waals surface area contributed by atoms with Gasteiger partial charge in [0.05, 0.1) is 12.7 Å². The third-order valence-corrected chi connectivity index (χ3v) is 2.87. The zero-order valence-electron chi connectivity index (χ0n) is 8.85. The number of carbonyl (C=O) groups is 1. The van der Waals surface area contributed by atoms with Crippen molar-refractivity contribution in [1.82, 2.24) is 4.72 Å². The number of rotatable bonds is 4. The molecule has 0 spiro atoms. The zero-order valence-corrected chi connectivity index (χ0v) is 9.67. The quantitative estimate of drug-likeness (QED) is 0.748. The molecule has 16 heavy (non-hydrogen) atoms. The molecule has 0 bridgehead atoms. The fourth-order valence-electron chi connectivity index (χ4n) is 0.998. The van der Waals surface area contributed by atoms with Gasteiger partial charge in [-0.2, -0.15) is 8.42 Å². The molecule has 0 aromatic heterocycles. The number of hydrogen-bond acceptors (Lipinski definition) is 4. The summed E-state index contributed by atoms with van der Waals surface area (Å²) in [6.07, 6.45) is 0. The summed E-state index contributed by atoms with van der Waals surface area (Å²) in [4.78, 5) is 11.1. The van der Waals surface area contributed by atoms with Crippen LogP contribution in [-0.2, 0) is 14.9 Å². The molecule has 0 saturated heterocycles. The smallest absolute Gasteiger partial charge is 0.337 e. The van der Waals surface area contributed by atoms with Gasteiger partial charge in [-0.05, 0) is 24.3 Å². The second kappa shape index (κ2) is 4.95. The van der Waals surface area contributed by atoms with Crippen molar-refractivity contribution in [3.63, 3.8) is 0 Å². The van der Waals surface area contributed by atoms with Gasteiger partial charge in [0.25, 0.3) is 10.2 Å². The van der Waals surface area contributed by atoms with Crippen molar-refractivity contribution in [2.45, 2.75) is 0 Å². The van der Waals surface area contributed by atoms with Gasteiger partial charge in [0.15, 0.2) is 0 Å². The molecular formula is C9H12N2O4S. The maximum atomic E-state index is 11.1. The maximum absolute atomic E-state index is 11.1. The number of hydrogen-bond donors (Lipinski definition) is 2. The van der Waals surface area contributed by atoms with E-state index in [1.54, 1.807) is 0 Å². The Bertz CT molecular complexity index is 467. The molecule has 0 aliphatic heterocycles. The van der Waals surface area contributed by atoms with Crippen molar-refractivity contribution in [3.8, 4) is 0 Å². The average molecular weight is 244 g/mol. The highest BCUT2D eigenvalue weighted by Gasteiger charge is 2.08. The van der Waals surface area contributed by atoms with Crippen molar-refractivity contribution < 1.29 is 17.9 Å². The van der Waals surface area contributed by atoms with Gasteiger partial charge in [0.2, 0.25) is 0 Å². The molecular weight excluding hydrogens is 232 g/mol. The van der Waals surface area contributed by atoms with Crippen LogP contribution in [0.4, 0.5) is 5.69 Å². The lowest BCUT2D eigenvalue weighted by Crippen LogP contribution is -2.26. The van der Waals surface area contributed by atoms with Crippen LogP contribution in [0.3, 0.4) is 0 Å². The van der Waals surface area contributed by atoms with Gasteiger partial charge in [0.1, 0.15) is 0 Å². The number of carbonyl (C=O) groups excluding carboxylic acids is 1. The van der Waals surface area contributed by atoms with Crippen LogP contribution < -0.4 is 9.44 Å². The van der Waals surface area contributed by atoms with Gasteiger partial charge in [-0.1, -0.05) is 0 Å². The van der Waals surface area contributed by atoms with Gasteiger partial charge in [-0.25, -0.2) is 9.52 Å². The van der Waals surface area contributed by atoms with Gasteiger partial charge in [-0.15, -0.1) is 0 Å². The molecule has 1 aromatic rings. The van der Waals surface area contributed by atoms with Crippen LogP contribution >= 0.6 is 0 Å². The van der Waals surface area contributed by atoms with Crippen molar-refractivity contribution in [2.24, 2.45) is 0 Å². The summed E-state index contributed by atoms with van der Waals surface area (Å²) >= 11 is 0. The third kappa shape index (κ3) is 3.21. The maximum Gasteiger partial charge on any atom is 0.337 e. The summed E-state index contributed by atoms with van der Waals surface area (Å²) in [7, 11) is -0.953. The van der Waals surface area contributed by atoms with Crippen molar-refractivity contribution in [3.05, 3.63) is 29.8 Å². The summed E-state index contributed by atoms with van der Waals surface area (Å²) < 4.78 is 31.1. The predicted molar refractivity (Wildman–Crippen MR) is 59.4 cm³/mol. The Labute approximate surface area is 93.8 Å². The Morgan fingerprint density at radius 3 is 2.25 bits per heavy atom. The molecule has 6 nitrogen and oxygen atoms in total. The highest BCUT2D eigenvalue weighted by Crippen LogP contribution is 2.11. The number of benzene rings is 1. The molecule has 2 N–H and O–H groups in total. The van der Waals surface area contributed by atoms with Crippen LogP contribution in [0.1, 0.15) is 10.4 Å². The lowest BCUT2D eigenvalue weighted by molar-refractivity contribution is 0.0601. The van der Waals surface area contributed by atoms with Crippen molar-refractivity contribution >= 4 is 21.9 Å². The number of nitrogens with one attached hydrogen (secondary N) is 2. The van der Waals surface area contributed by atoms with Crippen molar-refractivity contribution in [2.75, 3.05) is 18.9 Å². The molecule has 0 fully saturated rings. The second-order valence-electron chi connectivity index (χ2n) is 2.88. The Kier molecular flexibility index (Phi) is 3.86. The topological polar surface area (TPSA) is 84.5 Å². The molecule has 0 heterocycles. The van der Waals surface area contributed by atoms with E-state index in [4.69, 9.17) is 0 Å². The molecule has 1 aromatic carbocycles. The van der Waals surface area contributed by atoms with E-state index < -0.39 is 16.2 Å². The molecule has 0 unspecified atom stereocenters. The van der Waals surface area contributed by atoms with E-state index in [1.165, 1.54) is 38.4 Å². The number of esters is 1. The minimum Gasteiger partial charge on any atom is -0.465 e. The average Bonchev–Trinajstić information content (AvgIpc) is 2.28. The summed E-state index contributed by atoms with van der Waals surface area (Å²) in [6.45, 7) is 0. The standard InChI is InChI=1S/C9H12N2O4S/c1-10-16(13,14)11-8-5-3-7(4-6-8)9(12)15-2/h3-6,10-11H,1-2H3. The fraction of sp³-hybridized carbons (Fsp3) is 0.222. The third-order valence-electron chi connectivity index (χ3n) is 1.83. The normalized spacial score (nSPS) is 10.9. The van der Waals surface area contributed by atoms with E-state index in [0.29, 0.717) is 11.3 Å². The predicted octanol–water partition coefficient (Wildman–Crippen LogP) is 0.349. The van der Waals surface area contributed by atoms with Crippen LogP contribution in [0.5, 0.6) is 0 Å². The monoisotopic (exact) mass is 244 g/mol. The molecule has 1 rings (SSSR count). The van der Waals surface area contributed by atoms with Crippen molar-refractivity contribution in [1.29, 1.82) is 0 Å². The molecule has 88 valence electrons. The first kappa shape index (κ1) is 12.5. The molecule has 0 amide bonds. The molecule has 0 aliphatic carbocycles. The first-order chi connectivity index (χ1) is 7.48. The minimum atomic E-state index is -3.53. The largest absolute Gasteiger partial charge is 0.465 e. The van der Waals surface area contributed by atoms with E-state index in [0.717, 1.165) is 0 Å². The Morgan fingerprint density at radius 2 is 1.81 bits per heavy atom. The van der Waals surface area contributed by atoms with Crippen LogP contribution in [0.25, 0.3) is 0 Å². The number of ether oxygens (including phenoxy) is 1. The van der Waals surface area contributed by atoms with Crippen LogP contribution in [0.2, 0.25) is 0 Å². The van der Waals surface area contributed by atoms with E-state index in [2.05, 4.69) is 14.2 Å². The minimum absolute atomic E-state index is 0.356. The molecule has 0 radical (unpaired) electrons. The van der Waals surface area contributed by atoms with E-state index in [-0.39, 0.29) is 0 Å². The summed E-state index contributed by atoms with van der Waals surface area (Å²) in [6, 6.07) is 5.89.